The van der Waals surface area contributed by atoms with Crippen molar-refractivity contribution in [2.24, 2.45) is 0 Å². The van der Waals surface area contributed by atoms with Crippen LogP contribution < -0.4 is 11.1 Å². The average molecular weight is 268 g/mol. The highest BCUT2D eigenvalue weighted by Gasteiger charge is 2.17. The summed E-state index contributed by atoms with van der Waals surface area (Å²) in [5.41, 5.74) is 6.91. The minimum atomic E-state index is -0.152. The van der Waals surface area contributed by atoms with Crippen LogP contribution in [0, 0.1) is 0 Å². The Bertz CT molecular complexity index is 540. The van der Waals surface area contributed by atoms with Crippen LogP contribution in [0.1, 0.15) is 9.67 Å². The number of thioether (sulfide) groups is 1. The van der Waals surface area contributed by atoms with Crippen LogP contribution in [-0.2, 0) is 0 Å². The highest BCUT2D eigenvalue weighted by atomic mass is 32.2. The zero-order chi connectivity index (χ0) is 12.3. The van der Waals surface area contributed by atoms with Crippen LogP contribution >= 0.6 is 23.1 Å². The molecule has 7 heteroatoms. The lowest BCUT2D eigenvalue weighted by Gasteiger charge is -2.02. The number of thiophene rings is 1. The quantitative estimate of drug-likeness (QED) is 0.818. The van der Waals surface area contributed by atoms with Crippen LogP contribution in [-0.4, -0.2) is 34.4 Å². The summed E-state index contributed by atoms with van der Waals surface area (Å²) in [6.07, 6.45) is 5.16. The Morgan fingerprint density at radius 3 is 3.00 bits per heavy atom. The first kappa shape index (κ1) is 12.1. The molecule has 17 heavy (non-hydrogen) atoms. The molecule has 2 heterocycles. The van der Waals surface area contributed by atoms with E-state index in [2.05, 4.69) is 15.3 Å². The van der Waals surface area contributed by atoms with Crippen molar-refractivity contribution in [2.75, 3.05) is 24.3 Å². The van der Waals surface area contributed by atoms with Gasteiger partial charge in [-0.15, -0.1) is 11.3 Å². The Balaban J connectivity index is 2.23. The van der Waals surface area contributed by atoms with E-state index in [4.69, 9.17) is 5.73 Å². The molecule has 2 aromatic rings. The highest BCUT2D eigenvalue weighted by Crippen LogP contribution is 2.30. The Morgan fingerprint density at radius 2 is 2.29 bits per heavy atom. The lowest BCUT2D eigenvalue weighted by atomic mass is 10.3. The topological polar surface area (TPSA) is 80.9 Å². The van der Waals surface area contributed by atoms with Gasteiger partial charge in [-0.25, -0.2) is 9.97 Å². The van der Waals surface area contributed by atoms with Gasteiger partial charge >= 0.3 is 0 Å². The van der Waals surface area contributed by atoms with Crippen molar-refractivity contribution >= 4 is 45.0 Å². The predicted molar refractivity (Wildman–Crippen MR) is 72.5 cm³/mol. The molecule has 0 unspecified atom stereocenters. The Kier molecular flexibility index (Phi) is 3.80. The third-order valence-corrected chi connectivity index (χ3v) is 3.88. The molecule has 0 saturated carbocycles. The normalized spacial score (nSPS) is 10.6. The third-order valence-electron chi connectivity index (χ3n) is 2.16. The molecule has 0 radical (unpaired) electrons. The van der Waals surface area contributed by atoms with Crippen LogP contribution in [0.5, 0.6) is 0 Å². The van der Waals surface area contributed by atoms with E-state index < -0.39 is 0 Å². The number of nitrogens with zero attached hydrogens (tertiary/aromatic N) is 2. The minimum Gasteiger partial charge on any atom is -0.396 e. The summed E-state index contributed by atoms with van der Waals surface area (Å²) in [5, 5.41) is 2.82. The molecule has 5 nitrogen and oxygen atoms in total. The van der Waals surface area contributed by atoms with E-state index in [1.807, 2.05) is 6.26 Å². The number of carbonyl (C=O) groups is 1. The van der Waals surface area contributed by atoms with Crippen LogP contribution in [0.4, 0.5) is 5.69 Å². The van der Waals surface area contributed by atoms with E-state index in [-0.39, 0.29) is 5.91 Å². The van der Waals surface area contributed by atoms with Crippen LogP contribution in [0.25, 0.3) is 10.3 Å². The minimum absolute atomic E-state index is 0.152. The summed E-state index contributed by atoms with van der Waals surface area (Å²) < 4.78 is 0. The van der Waals surface area contributed by atoms with Crippen LogP contribution in [0.15, 0.2) is 12.4 Å². The van der Waals surface area contributed by atoms with E-state index in [9.17, 15) is 4.79 Å². The molecular formula is C10H12N4OS2. The Labute approximate surface area is 107 Å². The van der Waals surface area contributed by atoms with Crippen LogP contribution in [0.2, 0.25) is 0 Å². The number of aromatic nitrogens is 2. The summed E-state index contributed by atoms with van der Waals surface area (Å²) in [5.74, 6) is 0.730. The van der Waals surface area contributed by atoms with Gasteiger partial charge in [-0.3, -0.25) is 4.79 Å². The van der Waals surface area contributed by atoms with Gasteiger partial charge < -0.3 is 11.1 Å². The lowest BCUT2D eigenvalue weighted by Crippen LogP contribution is -2.25. The van der Waals surface area contributed by atoms with Crippen molar-refractivity contribution in [3.05, 3.63) is 17.3 Å². The van der Waals surface area contributed by atoms with Gasteiger partial charge in [-0.2, -0.15) is 11.8 Å². The summed E-state index contributed by atoms with van der Waals surface area (Å²) in [7, 11) is 0. The first-order valence-corrected chi connectivity index (χ1v) is 7.21. The number of amides is 1. The molecule has 0 spiro atoms. The van der Waals surface area contributed by atoms with Gasteiger partial charge in [0.25, 0.3) is 5.91 Å². The standard InChI is InChI=1S/C10H12N4OS2/c1-16-5-4-13-9(15)8-6(11)7-10(17-8)14-3-2-12-7/h2-3H,4-5,11H2,1H3,(H,13,15). The summed E-state index contributed by atoms with van der Waals surface area (Å²) in [4.78, 5) is 21.3. The molecule has 90 valence electrons. The van der Waals surface area contributed by atoms with Crippen LogP contribution in [0.3, 0.4) is 0 Å². The van der Waals surface area contributed by atoms with E-state index in [1.165, 1.54) is 11.3 Å². The molecule has 3 N–H and O–H groups in total. The van der Waals surface area contributed by atoms with Gasteiger partial charge in [-0.05, 0) is 6.26 Å². The molecule has 0 aliphatic rings. The third kappa shape index (κ3) is 2.50. The second-order valence-electron chi connectivity index (χ2n) is 3.30. The second-order valence-corrected chi connectivity index (χ2v) is 5.29. The highest BCUT2D eigenvalue weighted by molar-refractivity contribution is 7.98. The van der Waals surface area contributed by atoms with E-state index >= 15 is 0 Å². The molecule has 2 rings (SSSR count). The van der Waals surface area contributed by atoms with E-state index in [0.29, 0.717) is 27.5 Å². The molecule has 0 aromatic carbocycles. The smallest absolute Gasteiger partial charge is 0.263 e. The number of nitrogen functional groups attached to an aromatic ring is 1. The zero-order valence-corrected chi connectivity index (χ0v) is 10.9. The SMILES string of the molecule is CSCCNC(=O)c1sc2nccnc2c1N. The van der Waals surface area contributed by atoms with Crippen molar-refractivity contribution in [1.82, 2.24) is 15.3 Å². The summed E-state index contributed by atoms with van der Waals surface area (Å²) in [6.45, 7) is 0.633. The number of hydrogen-bond donors (Lipinski definition) is 2. The van der Waals surface area contributed by atoms with E-state index in [0.717, 1.165) is 5.75 Å². The monoisotopic (exact) mass is 268 g/mol. The number of hydrogen-bond acceptors (Lipinski definition) is 6. The lowest BCUT2D eigenvalue weighted by molar-refractivity contribution is 0.0961. The first-order valence-electron chi connectivity index (χ1n) is 5.00. The van der Waals surface area contributed by atoms with Gasteiger partial charge in [-0.1, -0.05) is 0 Å². The average Bonchev–Trinajstić information content (AvgIpc) is 2.68. The fourth-order valence-corrected chi connectivity index (χ4v) is 2.60. The van der Waals surface area contributed by atoms with Crippen molar-refractivity contribution in [1.29, 1.82) is 0 Å². The summed E-state index contributed by atoms with van der Waals surface area (Å²) in [6, 6.07) is 0. The first-order chi connectivity index (χ1) is 8.24. The van der Waals surface area contributed by atoms with Gasteiger partial charge in [0.2, 0.25) is 0 Å². The molecule has 0 bridgehead atoms. The molecular weight excluding hydrogens is 256 g/mol. The number of rotatable bonds is 4. The maximum absolute atomic E-state index is 11.9. The number of carbonyl (C=O) groups excluding carboxylic acids is 1. The zero-order valence-electron chi connectivity index (χ0n) is 9.27. The fraction of sp³-hybridized carbons (Fsp3) is 0.300. The molecule has 1 amide bonds. The maximum atomic E-state index is 11.9. The van der Waals surface area contributed by atoms with Gasteiger partial charge in [0, 0.05) is 24.7 Å². The largest absolute Gasteiger partial charge is 0.396 e. The fourth-order valence-electron chi connectivity index (χ4n) is 1.36. The summed E-state index contributed by atoms with van der Waals surface area (Å²) >= 11 is 2.95. The molecule has 2 aromatic heterocycles. The van der Waals surface area contributed by atoms with Crippen molar-refractivity contribution < 1.29 is 4.79 Å². The molecule has 0 saturated heterocycles. The van der Waals surface area contributed by atoms with Crippen molar-refractivity contribution in [3.8, 4) is 0 Å². The van der Waals surface area contributed by atoms with Gasteiger partial charge in [0.05, 0.1) is 5.69 Å². The Morgan fingerprint density at radius 1 is 1.53 bits per heavy atom. The number of fused-ring (bicyclic) bond motifs is 1. The van der Waals surface area contributed by atoms with Gasteiger partial charge in [0.1, 0.15) is 15.2 Å². The number of nitrogens with one attached hydrogen (secondary N) is 1. The van der Waals surface area contributed by atoms with Gasteiger partial charge in [0.15, 0.2) is 0 Å². The molecule has 0 fully saturated rings. The van der Waals surface area contributed by atoms with Crippen molar-refractivity contribution in [2.45, 2.75) is 0 Å². The van der Waals surface area contributed by atoms with E-state index in [1.54, 1.807) is 24.2 Å². The molecule has 0 atom stereocenters. The number of anilines is 1. The predicted octanol–water partition coefficient (Wildman–Crippen LogP) is 1.37. The van der Waals surface area contributed by atoms with Crippen molar-refractivity contribution in [3.63, 3.8) is 0 Å². The maximum Gasteiger partial charge on any atom is 0.263 e. The molecule has 0 aliphatic carbocycles. The number of nitrogens with two attached hydrogens (primary N) is 1. The molecule has 0 aliphatic heterocycles. The Hall–Kier alpha value is -1.34. The second kappa shape index (κ2) is 5.33.